The van der Waals surface area contributed by atoms with Crippen molar-refractivity contribution in [2.45, 2.75) is 32.9 Å². The predicted octanol–water partition coefficient (Wildman–Crippen LogP) is 2.75. The van der Waals surface area contributed by atoms with Gasteiger partial charge in [-0.2, -0.15) is 0 Å². The van der Waals surface area contributed by atoms with E-state index in [1.807, 2.05) is 52.3 Å². The summed E-state index contributed by atoms with van der Waals surface area (Å²) in [6.45, 7) is 4.45. The molecule has 28 heavy (non-hydrogen) atoms. The number of likely N-dealkylation sites (N-methyl/N-ethyl adjacent to an activating group) is 1. The average Bonchev–Trinajstić information content (AvgIpc) is 2.92. The highest BCUT2D eigenvalue weighted by Gasteiger charge is 2.25. The van der Waals surface area contributed by atoms with Crippen molar-refractivity contribution in [3.05, 3.63) is 53.0 Å². The Balaban J connectivity index is 2.05. The third-order valence-corrected chi connectivity index (χ3v) is 4.07. The zero-order valence-corrected chi connectivity index (χ0v) is 17.1. The van der Waals surface area contributed by atoms with Crippen molar-refractivity contribution < 1.29 is 28.3 Å². The van der Waals surface area contributed by atoms with E-state index < -0.39 is 17.9 Å². The Morgan fingerprint density at radius 1 is 1.21 bits per heavy atom. The second-order valence-electron chi connectivity index (χ2n) is 8.07. The number of ether oxygens (including phenoxy) is 1. The largest absolute Gasteiger partial charge is 0.486 e. The van der Waals surface area contributed by atoms with Crippen molar-refractivity contribution in [2.75, 3.05) is 27.7 Å². The standard InChI is InChI=1S/C21H28N2O5/c1-14-7-6-8-17(9-14)27-13-18-10-15(2)20(28-18)21(26)22-16(11-19(24)25)12-23(3,4)5/h6-10,16H,11-13H2,1-5H3,(H-,22,24,25,26)/p+1/t16-/m1/s1. The van der Waals surface area contributed by atoms with Crippen molar-refractivity contribution in [1.82, 2.24) is 5.32 Å². The summed E-state index contributed by atoms with van der Waals surface area (Å²) in [7, 11) is 5.83. The van der Waals surface area contributed by atoms with Crippen LogP contribution in [0.1, 0.15) is 33.9 Å². The van der Waals surface area contributed by atoms with Crippen molar-refractivity contribution >= 4 is 11.9 Å². The first-order valence-corrected chi connectivity index (χ1v) is 9.15. The minimum Gasteiger partial charge on any atom is -0.486 e. The maximum Gasteiger partial charge on any atom is 0.305 e. The maximum absolute atomic E-state index is 12.6. The normalized spacial score (nSPS) is 12.5. The van der Waals surface area contributed by atoms with Gasteiger partial charge >= 0.3 is 5.97 Å². The quantitative estimate of drug-likeness (QED) is 0.644. The lowest BCUT2D eigenvalue weighted by atomic mass is 10.1. The fourth-order valence-electron chi connectivity index (χ4n) is 2.99. The summed E-state index contributed by atoms with van der Waals surface area (Å²) >= 11 is 0. The number of quaternary nitrogens is 1. The Hall–Kier alpha value is -2.80. The molecule has 0 fully saturated rings. The van der Waals surface area contributed by atoms with Crippen LogP contribution in [0.2, 0.25) is 0 Å². The summed E-state index contributed by atoms with van der Waals surface area (Å²) in [6.07, 6.45) is -0.148. The van der Waals surface area contributed by atoms with E-state index >= 15 is 0 Å². The number of nitrogens with one attached hydrogen (secondary N) is 1. The maximum atomic E-state index is 12.6. The third-order valence-electron chi connectivity index (χ3n) is 4.07. The summed E-state index contributed by atoms with van der Waals surface area (Å²) in [5.41, 5.74) is 1.77. The summed E-state index contributed by atoms with van der Waals surface area (Å²) < 4.78 is 11.9. The minimum absolute atomic E-state index is 0.148. The molecule has 7 nitrogen and oxygen atoms in total. The molecule has 0 bridgehead atoms. The molecule has 1 aromatic heterocycles. The monoisotopic (exact) mass is 389 g/mol. The van der Waals surface area contributed by atoms with Gasteiger partial charge in [0.15, 0.2) is 5.76 Å². The fourth-order valence-corrected chi connectivity index (χ4v) is 2.99. The van der Waals surface area contributed by atoms with Gasteiger partial charge in [0.2, 0.25) is 0 Å². The molecule has 2 N–H and O–H groups in total. The molecule has 0 radical (unpaired) electrons. The highest BCUT2D eigenvalue weighted by Crippen LogP contribution is 2.19. The van der Waals surface area contributed by atoms with Gasteiger partial charge in [-0.05, 0) is 37.6 Å². The van der Waals surface area contributed by atoms with E-state index in [1.54, 1.807) is 13.0 Å². The molecule has 0 aliphatic carbocycles. The number of carboxylic acid groups (broad SMARTS) is 1. The molecule has 0 saturated heterocycles. The van der Waals surface area contributed by atoms with Crippen LogP contribution in [0.25, 0.3) is 0 Å². The summed E-state index contributed by atoms with van der Waals surface area (Å²) in [4.78, 5) is 23.8. The first kappa shape index (κ1) is 21.5. The van der Waals surface area contributed by atoms with E-state index in [-0.39, 0.29) is 18.8 Å². The molecular weight excluding hydrogens is 360 g/mol. The number of amides is 1. The Kier molecular flexibility index (Phi) is 6.85. The lowest BCUT2D eigenvalue weighted by Gasteiger charge is -2.28. The van der Waals surface area contributed by atoms with Crippen LogP contribution in [0, 0.1) is 13.8 Å². The molecule has 1 amide bonds. The Bertz CT molecular complexity index is 836. The zero-order valence-electron chi connectivity index (χ0n) is 17.1. The number of carbonyl (C=O) groups is 2. The number of nitrogens with zero attached hydrogens (tertiary/aromatic N) is 1. The van der Waals surface area contributed by atoms with Gasteiger partial charge in [-0.25, -0.2) is 0 Å². The molecule has 1 atom stereocenters. The number of hydrogen-bond acceptors (Lipinski definition) is 4. The number of aliphatic carboxylic acids is 1. The molecule has 2 aromatic rings. The number of benzene rings is 1. The van der Waals surface area contributed by atoms with Crippen LogP contribution in [0.5, 0.6) is 5.75 Å². The molecule has 152 valence electrons. The fraction of sp³-hybridized carbons (Fsp3) is 0.429. The minimum atomic E-state index is -0.956. The molecule has 1 heterocycles. The number of hydrogen-bond donors (Lipinski definition) is 2. The first-order chi connectivity index (χ1) is 13.0. The highest BCUT2D eigenvalue weighted by atomic mass is 16.5. The molecule has 2 rings (SSSR count). The topological polar surface area (TPSA) is 88.8 Å². The average molecular weight is 389 g/mol. The number of rotatable bonds is 9. The second kappa shape index (κ2) is 8.93. The van der Waals surface area contributed by atoms with Crippen LogP contribution in [-0.4, -0.2) is 55.2 Å². The summed E-state index contributed by atoms with van der Waals surface area (Å²) in [5.74, 6) is 0.0656. The molecule has 1 aromatic carbocycles. The van der Waals surface area contributed by atoms with Gasteiger partial charge in [-0.3, -0.25) is 9.59 Å². The van der Waals surface area contributed by atoms with E-state index in [4.69, 9.17) is 14.3 Å². The molecule has 0 aliphatic heterocycles. The van der Waals surface area contributed by atoms with Gasteiger partial charge < -0.3 is 24.1 Å². The van der Waals surface area contributed by atoms with E-state index in [2.05, 4.69) is 5.32 Å². The number of furan rings is 1. The summed E-state index contributed by atoms with van der Waals surface area (Å²) in [6, 6.07) is 8.93. The number of carboxylic acids is 1. The lowest BCUT2D eigenvalue weighted by molar-refractivity contribution is -0.871. The first-order valence-electron chi connectivity index (χ1n) is 9.15. The summed E-state index contributed by atoms with van der Waals surface area (Å²) in [5, 5.41) is 11.9. The third kappa shape index (κ3) is 6.74. The van der Waals surface area contributed by atoms with Crippen LogP contribution in [0.3, 0.4) is 0 Å². The molecule has 7 heteroatoms. The zero-order chi connectivity index (χ0) is 20.9. The van der Waals surface area contributed by atoms with Gasteiger partial charge in [-0.15, -0.1) is 0 Å². The van der Waals surface area contributed by atoms with E-state index in [0.717, 1.165) is 11.3 Å². The van der Waals surface area contributed by atoms with Crippen molar-refractivity contribution in [3.63, 3.8) is 0 Å². The Morgan fingerprint density at radius 2 is 1.93 bits per heavy atom. The number of aryl methyl sites for hydroxylation is 2. The van der Waals surface area contributed by atoms with Crippen LogP contribution >= 0.6 is 0 Å². The number of carbonyl (C=O) groups excluding carboxylic acids is 1. The molecular formula is C21H29N2O5+. The van der Waals surface area contributed by atoms with Gasteiger partial charge in [0.05, 0.1) is 40.2 Å². The van der Waals surface area contributed by atoms with Crippen LogP contribution in [0.15, 0.2) is 34.7 Å². The van der Waals surface area contributed by atoms with Crippen molar-refractivity contribution in [2.24, 2.45) is 0 Å². The highest BCUT2D eigenvalue weighted by molar-refractivity contribution is 5.93. The van der Waals surface area contributed by atoms with Gasteiger partial charge in [-0.1, -0.05) is 12.1 Å². The van der Waals surface area contributed by atoms with Gasteiger partial charge in [0.25, 0.3) is 5.91 Å². The second-order valence-corrected chi connectivity index (χ2v) is 8.07. The van der Waals surface area contributed by atoms with E-state index in [0.29, 0.717) is 22.4 Å². The van der Waals surface area contributed by atoms with Crippen molar-refractivity contribution in [1.29, 1.82) is 0 Å². The Morgan fingerprint density at radius 3 is 2.54 bits per heavy atom. The van der Waals surface area contributed by atoms with Crippen LogP contribution in [0.4, 0.5) is 0 Å². The van der Waals surface area contributed by atoms with Gasteiger partial charge in [0.1, 0.15) is 18.1 Å². The molecule has 0 saturated carbocycles. The molecule has 0 unspecified atom stereocenters. The molecule has 0 aliphatic rings. The lowest BCUT2D eigenvalue weighted by Crippen LogP contribution is -2.49. The van der Waals surface area contributed by atoms with Crippen molar-refractivity contribution in [3.8, 4) is 5.75 Å². The van der Waals surface area contributed by atoms with Gasteiger partial charge in [0, 0.05) is 5.56 Å². The van der Waals surface area contributed by atoms with Crippen LogP contribution in [-0.2, 0) is 11.4 Å². The smallest absolute Gasteiger partial charge is 0.305 e. The van der Waals surface area contributed by atoms with Crippen LogP contribution < -0.4 is 10.1 Å². The Labute approximate surface area is 165 Å². The SMILES string of the molecule is Cc1cccc(OCc2cc(C)c(C(=O)N[C@H](CC(=O)O)C[N+](C)(C)C)o2)c1. The molecule has 0 spiro atoms. The predicted molar refractivity (Wildman–Crippen MR) is 105 cm³/mol. The van der Waals surface area contributed by atoms with E-state index in [9.17, 15) is 9.59 Å². The van der Waals surface area contributed by atoms with E-state index in [1.165, 1.54) is 0 Å².